The first-order valence-electron chi connectivity index (χ1n) is 8.35. The molecule has 3 fully saturated rings. The largest absolute Gasteiger partial charge is 0.481 e. The van der Waals surface area contributed by atoms with Gasteiger partial charge in [-0.2, -0.15) is 0 Å². The highest BCUT2D eigenvalue weighted by Crippen LogP contribution is 2.45. The molecule has 7 atom stereocenters. The van der Waals surface area contributed by atoms with Gasteiger partial charge in [0.25, 0.3) is 0 Å². The third-order valence-electron chi connectivity index (χ3n) is 4.67. The number of carbonyl (C=O) groups is 1. The molecule has 8 nitrogen and oxygen atoms in total. The molecule has 3 heterocycles. The molecule has 0 bridgehead atoms. The Labute approximate surface area is 146 Å². The lowest BCUT2D eigenvalue weighted by molar-refractivity contribution is -0.256. The van der Waals surface area contributed by atoms with Gasteiger partial charge in [-0.25, -0.2) is 0 Å². The second-order valence-corrected chi connectivity index (χ2v) is 7.79. The Kier molecular flexibility index (Phi) is 4.50. The number of aliphatic hydroxyl groups is 1. The Morgan fingerprint density at radius 3 is 2.08 bits per heavy atom. The monoisotopic (exact) mass is 358 g/mol. The van der Waals surface area contributed by atoms with Gasteiger partial charge in [0.15, 0.2) is 17.9 Å². The van der Waals surface area contributed by atoms with Crippen LogP contribution in [0.4, 0.5) is 0 Å². The Bertz CT molecular complexity index is 557. The van der Waals surface area contributed by atoms with E-state index in [1.807, 2.05) is 0 Å². The average Bonchev–Trinajstić information content (AvgIpc) is 2.90. The summed E-state index contributed by atoms with van der Waals surface area (Å²) in [5.41, 5.74) is 0.323. The van der Waals surface area contributed by atoms with Gasteiger partial charge in [-0.3, -0.25) is 4.79 Å². The Balaban J connectivity index is 1.91. The molecule has 0 aromatic rings. The number of hydrogen-bond donors (Lipinski definition) is 2. The molecule has 0 unspecified atom stereocenters. The summed E-state index contributed by atoms with van der Waals surface area (Å²) < 4.78 is 29.4. The summed E-state index contributed by atoms with van der Waals surface area (Å²) in [5, 5.41) is 20.2. The predicted octanol–water partition coefficient (Wildman–Crippen LogP) is 1.02. The molecule has 3 saturated heterocycles. The topological polar surface area (TPSA) is 104 Å². The summed E-state index contributed by atoms with van der Waals surface area (Å²) >= 11 is 0. The van der Waals surface area contributed by atoms with Crippen LogP contribution in [-0.4, -0.2) is 64.6 Å². The van der Waals surface area contributed by atoms with Gasteiger partial charge in [-0.15, -0.1) is 0 Å². The minimum absolute atomic E-state index is 0.323. The Hall–Kier alpha value is -1.03. The van der Waals surface area contributed by atoms with Crippen molar-refractivity contribution >= 4 is 5.97 Å². The molecule has 25 heavy (non-hydrogen) atoms. The van der Waals surface area contributed by atoms with Crippen molar-refractivity contribution in [2.75, 3.05) is 0 Å². The molecule has 0 saturated carbocycles. The zero-order chi connectivity index (χ0) is 18.7. The summed E-state index contributed by atoms with van der Waals surface area (Å²) in [6.07, 6.45) is -4.87. The standard InChI is InChI=1S/C17H26O8/c1-7(2)8(14(19)20)9(18)10-11-12(23-16(3,4)22-11)13-15(21-10)25-17(5,6)24-13/h8-13,15,18H,1H2,2-6H3,(H,19,20)/t8-,9-,10-,11+,12+,13-,15-/m1/s1. The van der Waals surface area contributed by atoms with E-state index in [1.165, 1.54) is 0 Å². The Morgan fingerprint density at radius 1 is 1.00 bits per heavy atom. The predicted molar refractivity (Wildman–Crippen MR) is 84.5 cm³/mol. The van der Waals surface area contributed by atoms with E-state index in [4.69, 9.17) is 23.7 Å². The van der Waals surface area contributed by atoms with Gasteiger partial charge in [0.2, 0.25) is 0 Å². The van der Waals surface area contributed by atoms with E-state index in [-0.39, 0.29) is 0 Å². The third kappa shape index (κ3) is 3.34. The van der Waals surface area contributed by atoms with Crippen LogP contribution in [0.1, 0.15) is 34.6 Å². The van der Waals surface area contributed by atoms with Crippen molar-refractivity contribution in [2.45, 2.75) is 83.0 Å². The van der Waals surface area contributed by atoms with Crippen LogP contribution in [0.15, 0.2) is 12.2 Å². The van der Waals surface area contributed by atoms with Crippen LogP contribution in [0.2, 0.25) is 0 Å². The second-order valence-electron chi connectivity index (χ2n) is 7.79. The van der Waals surface area contributed by atoms with Gasteiger partial charge in [-0.05, 0) is 34.6 Å². The zero-order valence-electron chi connectivity index (χ0n) is 15.1. The van der Waals surface area contributed by atoms with Crippen LogP contribution in [-0.2, 0) is 28.5 Å². The smallest absolute Gasteiger partial charge is 0.313 e. The molecule has 142 valence electrons. The van der Waals surface area contributed by atoms with E-state index in [0.29, 0.717) is 5.57 Å². The maximum atomic E-state index is 11.6. The number of carboxylic acids is 1. The molecule has 0 spiro atoms. The summed E-state index contributed by atoms with van der Waals surface area (Å²) in [6, 6.07) is 0. The van der Waals surface area contributed by atoms with Crippen LogP contribution in [0.5, 0.6) is 0 Å². The molecule has 3 rings (SSSR count). The third-order valence-corrected chi connectivity index (χ3v) is 4.67. The minimum atomic E-state index is -1.37. The number of hydrogen-bond acceptors (Lipinski definition) is 7. The normalized spacial score (nSPS) is 40.8. The molecule has 0 aliphatic carbocycles. The Morgan fingerprint density at radius 2 is 1.52 bits per heavy atom. The molecule has 8 heteroatoms. The lowest BCUT2D eigenvalue weighted by Crippen LogP contribution is -2.60. The average molecular weight is 358 g/mol. The first kappa shape index (κ1) is 18.8. The molecule has 0 aromatic heterocycles. The number of carboxylic acid groups (broad SMARTS) is 1. The molecular formula is C17H26O8. The fourth-order valence-corrected chi connectivity index (χ4v) is 3.76. The van der Waals surface area contributed by atoms with Crippen molar-refractivity contribution in [3.8, 4) is 0 Å². The summed E-state index contributed by atoms with van der Waals surface area (Å²) in [6.45, 7) is 12.2. The van der Waals surface area contributed by atoms with E-state index in [9.17, 15) is 15.0 Å². The van der Waals surface area contributed by atoms with Crippen LogP contribution >= 0.6 is 0 Å². The van der Waals surface area contributed by atoms with Crippen molar-refractivity contribution in [3.63, 3.8) is 0 Å². The molecule has 2 N–H and O–H groups in total. The molecular weight excluding hydrogens is 332 g/mol. The van der Waals surface area contributed by atoms with E-state index in [0.717, 1.165) is 0 Å². The summed E-state index contributed by atoms with van der Waals surface area (Å²) in [7, 11) is 0. The van der Waals surface area contributed by atoms with Gasteiger partial charge < -0.3 is 33.9 Å². The molecule has 3 aliphatic rings. The van der Waals surface area contributed by atoms with Crippen molar-refractivity contribution in [3.05, 3.63) is 12.2 Å². The highest BCUT2D eigenvalue weighted by Gasteiger charge is 2.62. The SMILES string of the molecule is C=C(C)[C@@H](C(=O)O)[C@@H](O)[C@H]1O[C@@H]2OC(C)(C)O[C@@H]2[C@H]2OC(C)(C)O[C@H]21. The first-order chi connectivity index (χ1) is 11.4. The van der Waals surface area contributed by atoms with E-state index >= 15 is 0 Å². The second kappa shape index (κ2) is 6.00. The number of fused-ring (bicyclic) bond motifs is 3. The van der Waals surface area contributed by atoms with Crippen LogP contribution in [0.25, 0.3) is 0 Å². The van der Waals surface area contributed by atoms with Gasteiger partial charge in [0, 0.05) is 0 Å². The van der Waals surface area contributed by atoms with Crippen molar-refractivity contribution in [1.82, 2.24) is 0 Å². The lowest BCUT2D eigenvalue weighted by Gasteiger charge is -2.40. The van der Waals surface area contributed by atoms with Crippen LogP contribution in [0, 0.1) is 5.92 Å². The molecule has 3 aliphatic heterocycles. The molecule has 0 radical (unpaired) electrons. The van der Waals surface area contributed by atoms with Gasteiger partial charge in [0.05, 0.1) is 6.10 Å². The van der Waals surface area contributed by atoms with Gasteiger partial charge in [0.1, 0.15) is 30.3 Å². The highest BCUT2D eigenvalue weighted by molar-refractivity contribution is 5.74. The fourth-order valence-electron chi connectivity index (χ4n) is 3.76. The van der Waals surface area contributed by atoms with E-state index in [2.05, 4.69) is 6.58 Å². The van der Waals surface area contributed by atoms with Gasteiger partial charge >= 0.3 is 5.97 Å². The van der Waals surface area contributed by atoms with Crippen molar-refractivity contribution in [1.29, 1.82) is 0 Å². The summed E-state index contributed by atoms with van der Waals surface area (Å²) in [4.78, 5) is 11.6. The number of aliphatic hydroxyl groups excluding tert-OH is 1. The van der Waals surface area contributed by atoms with Crippen LogP contribution in [0.3, 0.4) is 0 Å². The summed E-state index contributed by atoms with van der Waals surface area (Å²) in [5.74, 6) is -4.16. The first-order valence-corrected chi connectivity index (χ1v) is 8.35. The molecule has 0 aromatic carbocycles. The van der Waals surface area contributed by atoms with Gasteiger partial charge in [-0.1, -0.05) is 12.2 Å². The number of ether oxygens (including phenoxy) is 5. The van der Waals surface area contributed by atoms with Crippen LogP contribution < -0.4 is 0 Å². The fraction of sp³-hybridized carbons (Fsp3) is 0.824. The maximum Gasteiger partial charge on any atom is 0.313 e. The van der Waals surface area contributed by atoms with E-state index < -0.39 is 60.3 Å². The minimum Gasteiger partial charge on any atom is -0.481 e. The molecule has 0 amide bonds. The lowest BCUT2D eigenvalue weighted by atomic mass is 9.86. The maximum absolute atomic E-state index is 11.6. The van der Waals surface area contributed by atoms with Crippen molar-refractivity contribution in [2.24, 2.45) is 5.92 Å². The number of aliphatic carboxylic acids is 1. The highest BCUT2D eigenvalue weighted by atomic mass is 16.9. The quantitative estimate of drug-likeness (QED) is 0.718. The van der Waals surface area contributed by atoms with Crippen molar-refractivity contribution < 1.29 is 38.7 Å². The van der Waals surface area contributed by atoms with E-state index in [1.54, 1.807) is 34.6 Å². The zero-order valence-corrected chi connectivity index (χ0v) is 15.1. The number of rotatable bonds is 4.